The van der Waals surface area contributed by atoms with Gasteiger partial charge in [0.25, 0.3) is 0 Å². The molecule has 1 atom stereocenters. The van der Waals surface area contributed by atoms with Crippen LogP contribution in [0, 0.1) is 0 Å². The number of carbonyl (C=O) groups excluding carboxylic acids is 1. The van der Waals surface area contributed by atoms with Gasteiger partial charge in [-0.2, -0.15) is 0 Å². The van der Waals surface area contributed by atoms with E-state index in [0.29, 0.717) is 0 Å². The molecule has 0 aliphatic heterocycles. The Labute approximate surface area is 124 Å². The second-order valence-corrected chi connectivity index (χ2v) is 4.85. The summed E-state index contributed by atoms with van der Waals surface area (Å²) in [4.78, 5) is 13.3. The molecule has 0 aliphatic rings. The number of hydrogen-bond donors (Lipinski definition) is 1. The molecule has 1 N–H and O–H groups in total. The van der Waals surface area contributed by atoms with E-state index in [1.807, 2.05) is 60.7 Å². The van der Waals surface area contributed by atoms with Gasteiger partial charge in [0.15, 0.2) is 0 Å². The molecular formula is C17H19NO3. The second kappa shape index (κ2) is 7.45. The standard InChI is InChI=1S/C17H19NO3/c1-18(12-16(19)15-10-6-3-7-11-15)17(20)21-13-14-8-4-2-5-9-14/h2-11,16,19H,12-13H2,1H3. The van der Waals surface area contributed by atoms with Crippen LogP contribution in [0.2, 0.25) is 0 Å². The van der Waals surface area contributed by atoms with Crippen molar-refractivity contribution in [3.8, 4) is 0 Å². The Balaban J connectivity index is 1.82. The topological polar surface area (TPSA) is 49.8 Å². The Hall–Kier alpha value is -2.33. The summed E-state index contributed by atoms with van der Waals surface area (Å²) in [6, 6.07) is 18.7. The largest absolute Gasteiger partial charge is 0.445 e. The van der Waals surface area contributed by atoms with Gasteiger partial charge in [0.2, 0.25) is 0 Å². The molecule has 0 saturated heterocycles. The first-order chi connectivity index (χ1) is 10.2. The zero-order valence-corrected chi connectivity index (χ0v) is 12.0. The number of hydrogen-bond acceptors (Lipinski definition) is 3. The fraction of sp³-hybridized carbons (Fsp3) is 0.235. The van der Waals surface area contributed by atoms with E-state index in [4.69, 9.17) is 4.74 Å². The molecule has 4 heteroatoms. The first-order valence-corrected chi connectivity index (χ1v) is 6.81. The van der Waals surface area contributed by atoms with Crippen LogP contribution < -0.4 is 0 Å². The van der Waals surface area contributed by atoms with E-state index in [1.165, 1.54) is 4.90 Å². The zero-order valence-electron chi connectivity index (χ0n) is 12.0. The van der Waals surface area contributed by atoms with Crippen LogP contribution in [0.1, 0.15) is 17.2 Å². The smallest absolute Gasteiger partial charge is 0.409 e. The Bertz CT molecular complexity index is 557. The molecular weight excluding hydrogens is 266 g/mol. The van der Waals surface area contributed by atoms with Crippen LogP contribution in [0.15, 0.2) is 60.7 Å². The summed E-state index contributed by atoms with van der Waals surface area (Å²) >= 11 is 0. The fourth-order valence-corrected chi connectivity index (χ4v) is 1.94. The lowest BCUT2D eigenvalue weighted by atomic mass is 10.1. The van der Waals surface area contributed by atoms with E-state index < -0.39 is 12.2 Å². The van der Waals surface area contributed by atoms with Gasteiger partial charge < -0.3 is 14.7 Å². The number of nitrogens with zero attached hydrogens (tertiary/aromatic N) is 1. The number of aliphatic hydroxyl groups excluding tert-OH is 1. The van der Waals surface area contributed by atoms with Crippen molar-refractivity contribution in [1.82, 2.24) is 4.90 Å². The average Bonchev–Trinajstić information content (AvgIpc) is 2.54. The van der Waals surface area contributed by atoms with Gasteiger partial charge in [-0.1, -0.05) is 60.7 Å². The summed E-state index contributed by atoms with van der Waals surface area (Å²) in [5, 5.41) is 10.1. The molecule has 1 amide bonds. The van der Waals surface area contributed by atoms with Crippen LogP contribution in [-0.4, -0.2) is 29.7 Å². The third-order valence-electron chi connectivity index (χ3n) is 3.15. The van der Waals surface area contributed by atoms with Crippen molar-refractivity contribution in [2.45, 2.75) is 12.7 Å². The molecule has 2 aromatic carbocycles. The lowest BCUT2D eigenvalue weighted by molar-refractivity contribution is 0.0787. The van der Waals surface area contributed by atoms with Crippen molar-refractivity contribution in [1.29, 1.82) is 0 Å². The minimum Gasteiger partial charge on any atom is -0.445 e. The van der Waals surface area contributed by atoms with Gasteiger partial charge in [0.1, 0.15) is 6.61 Å². The summed E-state index contributed by atoms with van der Waals surface area (Å²) in [5.41, 5.74) is 1.71. The monoisotopic (exact) mass is 285 g/mol. The third-order valence-corrected chi connectivity index (χ3v) is 3.15. The predicted molar refractivity (Wildman–Crippen MR) is 80.7 cm³/mol. The highest BCUT2D eigenvalue weighted by Gasteiger charge is 2.16. The molecule has 0 aromatic heterocycles. The SMILES string of the molecule is CN(CC(O)c1ccccc1)C(=O)OCc1ccccc1. The molecule has 4 nitrogen and oxygen atoms in total. The van der Waals surface area contributed by atoms with Crippen molar-refractivity contribution >= 4 is 6.09 Å². The summed E-state index contributed by atoms with van der Waals surface area (Å²) < 4.78 is 5.20. The highest BCUT2D eigenvalue weighted by Crippen LogP contribution is 2.13. The van der Waals surface area contributed by atoms with Crippen molar-refractivity contribution in [3.05, 3.63) is 71.8 Å². The Morgan fingerprint density at radius 3 is 2.29 bits per heavy atom. The van der Waals surface area contributed by atoms with Crippen LogP contribution in [-0.2, 0) is 11.3 Å². The van der Waals surface area contributed by atoms with Crippen LogP contribution >= 0.6 is 0 Å². The molecule has 0 bridgehead atoms. The molecule has 0 aliphatic carbocycles. The molecule has 2 aromatic rings. The summed E-state index contributed by atoms with van der Waals surface area (Å²) in [6.45, 7) is 0.420. The zero-order chi connectivity index (χ0) is 15.1. The van der Waals surface area contributed by atoms with E-state index in [0.717, 1.165) is 11.1 Å². The van der Waals surface area contributed by atoms with Gasteiger partial charge in [-0.25, -0.2) is 4.79 Å². The third kappa shape index (κ3) is 4.61. The minimum absolute atomic E-state index is 0.192. The first-order valence-electron chi connectivity index (χ1n) is 6.81. The number of rotatable bonds is 5. The number of likely N-dealkylation sites (N-methyl/N-ethyl adjacent to an activating group) is 1. The highest BCUT2D eigenvalue weighted by atomic mass is 16.6. The van der Waals surface area contributed by atoms with E-state index in [2.05, 4.69) is 0 Å². The minimum atomic E-state index is -0.722. The van der Waals surface area contributed by atoms with E-state index in [9.17, 15) is 9.90 Å². The quantitative estimate of drug-likeness (QED) is 0.918. The first kappa shape index (κ1) is 15.1. The molecule has 2 rings (SSSR count). The van der Waals surface area contributed by atoms with Crippen LogP contribution in [0.5, 0.6) is 0 Å². The predicted octanol–water partition coefficient (Wildman–Crippen LogP) is 2.99. The molecule has 21 heavy (non-hydrogen) atoms. The van der Waals surface area contributed by atoms with Gasteiger partial charge in [-0.15, -0.1) is 0 Å². The van der Waals surface area contributed by atoms with E-state index in [-0.39, 0.29) is 13.2 Å². The van der Waals surface area contributed by atoms with Gasteiger partial charge >= 0.3 is 6.09 Å². The molecule has 110 valence electrons. The normalized spacial score (nSPS) is 11.7. The number of ether oxygens (including phenoxy) is 1. The summed E-state index contributed by atoms with van der Waals surface area (Å²) in [5.74, 6) is 0. The summed E-state index contributed by atoms with van der Waals surface area (Å²) in [6.07, 6.45) is -1.17. The number of aliphatic hydroxyl groups is 1. The summed E-state index contributed by atoms with van der Waals surface area (Å²) in [7, 11) is 1.61. The van der Waals surface area contributed by atoms with Crippen molar-refractivity contribution in [3.63, 3.8) is 0 Å². The van der Waals surface area contributed by atoms with Crippen LogP contribution in [0.4, 0.5) is 4.79 Å². The molecule has 0 radical (unpaired) electrons. The van der Waals surface area contributed by atoms with Gasteiger partial charge in [-0.3, -0.25) is 0 Å². The highest BCUT2D eigenvalue weighted by molar-refractivity contribution is 5.67. The van der Waals surface area contributed by atoms with Crippen LogP contribution in [0.25, 0.3) is 0 Å². The van der Waals surface area contributed by atoms with Gasteiger partial charge in [0, 0.05) is 7.05 Å². The fourth-order valence-electron chi connectivity index (χ4n) is 1.94. The molecule has 0 fully saturated rings. The van der Waals surface area contributed by atoms with Crippen molar-refractivity contribution < 1.29 is 14.6 Å². The van der Waals surface area contributed by atoms with Gasteiger partial charge in [-0.05, 0) is 11.1 Å². The lowest BCUT2D eigenvalue weighted by Gasteiger charge is -2.20. The maximum Gasteiger partial charge on any atom is 0.409 e. The number of amides is 1. The Morgan fingerprint density at radius 2 is 1.67 bits per heavy atom. The maximum absolute atomic E-state index is 11.9. The number of benzene rings is 2. The van der Waals surface area contributed by atoms with Crippen LogP contribution in [0.3, 0.4) is 0 Å². The Kier molecular flexibility index (Phi) is 5.35. The lowest BCUT2D eigenvalue weighted by Crippen LogP contribution is -2.31. The average molecular weight is 285 g/mol. The van der Waals surface area contributed by atoms with E-state index in [1.54, 1.807) is 7.05 Å². The molecule has 1 unspecified atom stereocenters. The van der Waals surface area contributed by atoms with Gasteiger partial charge in [0.05, 0.1) is 12.6 Å². The molecule has 0 spiro atoms. The number of carbonyl (C=O) groups is 1. The van der Waals surface area contributed by atoms with Crippen molar-refractivity contribution in [2.75, 3.05) is 13.6 Å². The van der Waals surface area contributed by atoms with E-state index >= 15 is 0 Å². The Morgan fingerprint density at radius 1 is 1.10 bits per heavy atom. The van der Waals surface area contributed by atoms with Crippen molar-refractivity contribution in [2.24, 2.45) is 0 Å². The maximum atomic E-state index is 11.9. The molecule has 0 saturated carbocycles. The molecule has 0 heterocycles. The second-order valence-electron chi connectivity index (χ2n) is 4.85.